The highest BCUT2D eigenvalue weighted by Gasteiger charge is 2.24. The van der Waals surface area contributed by atoms with E-state index in [1.165, 1.54) is 0 Å². The van der Waals surface area contributed by atoms with Gasteiger partial charge in [0.25, 0.3) is 5.56 Å². The lowest BCUT2D eigenvalue weighted by atomic mass is 10.2. The van der Waals surface area contributed by atoms with Crippen LogP contribution in [-0.4, -0.2) is 35.2 Å². The van der Waals surface area contributed by atoms with Gasteiger partial charge in [-0.25, -0.2) is 4.98 Å². The summed E-state index contributed by atoms with van der Waals surface area (Å²) in [6.07, 6.45) is 4.45. The number of rotatable bonds is 3. The number of aryl methyl sites for hydroxylation is 1. The van der Waals surface area contributed by atoms with Gasteiger partial charge in [0.1, 0.15) is 0 Å². The van der Waals surface area contributed by atoms with Crippen molar-refractivity contribution in [1.82, 2.24) is 14.9 Å². The number of anilines is 1. The van der Waals surface area contributed by atoms with Gasteiger partial charge in [-0.2, -0.15) is 0 Å². The minimum Gasteiger partial charge on any atom is -0.348 e. The van der Waals surface area contributed by atoms with Gasteiger partial charge in [-0.1, -0.05) is 0 Å². The summed E-state index contributed by atoms with van der Waals surface area (Å²) < 4.78 is 1.58. The summed E-state index contributed by atoms with van der Waals surface area (Å²) in [5.74, 6) is 0.571. The third kappa shape index (κ3) is 1.95. The molecule has 1 fully saturated rings. The van der Waals surface area contributed by atoms with E-state index >= 15 is 0 Å². The third-order valence-electron chi connectivity index (χ3n) is 3.09. The molecular formula is C11H18N4O. The van der Waals surface area contributed by atoms with Crippen molar-refractivity contribution in [2.75, 3.05) is 24.5 Å². The van der Waals surface area contributed by atoms with Crippen LogP contribution in [0.15, 0.2) is 17.2 Å². The van der Waals surface area contributed by atoms with E-state index in [-0.39, 0.29) is 5.56 Å². The van der Waals surface area contributed by atoms with E-state index in [0.29, 0.717) is 11.9 Å². The van der Waals surface area contributed by atoms with Crippen molar-refractivity contribution in [2.24, 2.45) is 7.05 Å². The summed E-state index contributed by atoms with van der Waals surface area (Å²) in [5.41, 5.74) is -0.0174. The molecule has 2 heterocycles. The quantitative estimate of drug-likeness (QED) is 0.780. The maximum absolute atomic E-state index is 12.0. The maximum atomic E-state index is 12.0. The van der Waals surface area contributed by atoms with Gasteiger partial charge >= 0.3 is 0 Å². The molecule has 0 saturated carbocycles. The Morgan fingerprint density at radius 1 is 1.69 bits per heavy atom. The Balaban J connectivity index is 2.32. The third-order valence-corrected chi connectivity index (χ3v) is 3.09. The molecule has 1 atom stereocenters. The average molecular weight is 222 g/mol. The van der Waals surface area contributed by atoms with E-state index < -0.39 is 0 Å². The Kier molecular flexibility index (Phi) is 3.24. The highest BCUT2D eigenvalue weighted by molar-refractivity contribution is 5.37. The van der Waals surface area contributed by atoms with Crippen molar-refractivity contribution < 1.29 is 0 Å². The fourth-order valence-corrected chi connectivity index (χ4v) is 2.17. The zero-order valence-electron chi connectivity index (χ0n) is 9.81. The van der Waals surface area contributed by atoms with Gasteiger partial charge in [0.2, 0.25) is 0 Å². The van der Waals surface area contributed by atoms with Crippen LogP contribution >= 0.6 is 0 Å². The van der Waals surface area contributed by atoms with Gasteiger partial charge in [-0.3, -0.25) is 4.79 Å². The minimum absolute atomic E-state index is 0.0174. The molecule has 0 bridgehead atoms. The smallest absolute Gasteiger partial charge is 0.293 e. The van der Waals surface area contributed by atoms with Crippen molar-refractivity contribution in [2.45, 2.75) is 19.4 Å². The van der Waals surface area contributed by atoms with Gasteiger partial charge in [-0.05, 0) is 19.9 Å². The highest BCUT2D eigenvalue weighted by atomic mass is 16.1. The molecule has 1 aliphatic rings. The predicted octanol–water partition coefficient (Wildman–Crippen LogP) is -0.0315. The molecule has 1 N–H and O–H groups in total. The van der Waals surface area contributed by atoms with Crippen molar-refractivity contribution >= 4 is 5.82 Å². The fourth-order valence-electron chi connectivity index (χ4n) is 2.17. The molecule has 0 aliphatic carbocycles. The lowest BCUT2D eigenvalue weighted by Crippen LogP contribution is -2.41. The molecular weight excluding hydrogens is 204 g/mol. The summed E-state index contributed by atoms with van der Waals surface area (Å²) >= 11 is 0. The Morgan fingerprint density at radius 2 is 2.50 bits per heavy atom. The normalized spacial score (nSPS) is 20.0. The molecule has 5 heteroatoms. The Bertz CT molecular complexity index is 409. The summed E-state index contributed by atoms with van der Waals surface area (Å²) in [5, 5.41) is 3.31. The molecule has 5 nitrogen and oxygen atoms in total. The van der Waals surface area contributed by atoms with E-state index in [4.69, 9.17) is 0 Å². The van der Waals surface area contributed by atoms with Gasteiger partial charge in [-0.15, -0.1) is 0 Å². The Labute approximate surface area is 95.1 Å². The van der Waals surface area contributed by atoms with E-state index in [9.17, 15) is 4.79 Å². The topological polar surface area (TPSA) is 50.2 Å². The number of hydrogen-bond donors (Lipinski definition) is 1. The Hall–Kier alpha value is -1.36. The molecule has 0 aromatic carbocycles. The zero-order valence-corrected chi connectivity index (χ0v) is 9.81. The predicted molar refractivity (Wildman–Crippen MR) is 63.8 cm³/mol. The second-order valence-electron chi connectivity index (χ2n) is 4.10. The van der Waals surface area contributed by atoms with Crippen molar-refractivity contribution in [3.8, 4) is 0 Å². The van der Waals surface area contributed by atoms with Crippen molar-refractivity contribution in [1.29, 1.82) is 0 Å². The molecule has 0 spiro atoms. The van der Waals surface area contributed by atoms with Gasteiger partial charge in [0, 0.05) is 38.6 Å². The van der Waals surface area contributed by atoms with Gasteiger partial charge in [0.05, 0.1) is 0 Å². The number of hydrogen-bond acceptors (Lipinski definition) is 4. The molecule has 1 aromatic rings. The first-order valence-electron chi connectivity index (χ1n) is 5.73. The molecule has 1 unspecified atom stereocenters. The van der Waals surface area contributed by atoms with Crippen LogP contribution in [-0.2, 0) is 7.05 Å². The molecule has 16 heavy (non-hydrogen) atoms. The molecule has 1 aromatic heterocycles. The SMILES string of the molecule is CCN(c1nccn(C)c1=O)C1CCNC1. The lowest BCUT2D eigenvalue weighted by molar-refractivity contribution is 0.630. The van der Waals surface area contributed by atoms with E-state index in [1.807, 2.05) is 0 Å². The van der Waals surface area contributed by atoms with Crippen molar-refractivity contribution in [3.63, 3.8) is 0 Å². The summed E-state index contributed by atoms with van der Waals surface area (Å²) in [7, 11) is 1.76. The molecule has 2 rings (SSSR count). The summed E-state index contributed by atoms with van der Waals surface area (Å²) in [6, 6.07) is 0.396. The average Bonchev–Trinajstić information content (AvgIpc) is 2.79. The number of aromatic nitrogens is 2. The highest BCUT2D eigenvalue weighted by Crippen LogP contribution is 2.13. The number of nitrogens with zero attached hydrogens (tertiary/aromatic N) is 3. The zero-order chi connectivity index (χ0) is 11.5. The number of likely N-dealkylation sites (N-methyl/N-ethyl adjacent to an activating group) is 1. The first-order valence-corrected chi connectivity index (χ1v) is 5.73. The van der Waals surface area contributed by atoms with Crippen LogP contribution in [0.5, 0.6) is 0 Å². The van der Waals surface area contributed by atoms with Crippen LogP contribution in [0.4, 0.5) is 5.82 Å². The van der Waals surface area contributed by atoms with E-state index in [1.54, 1.807) is 24.0 Å². The molecule has 0 radical (unpaired) electrons. The standard InChI is InChI=1S/C11H18N4O/c1-3-15(9-4-5-12-8-9)10-11(16)14(2)7-6-13-10/h6-7,9,12H,3-5,8H2,1-2H3. The number of nitrogens with one attached hydrogen (secondary N) is 1. The molecule has 0 amide bonds. The van der Waals surface area contributed by atoms with Crippen molar-refractivity contribution in [3.05, 3.63) is 22.7 Å². The van der Waals surface area contributed by atoms with Crippen LogP contribution in [0.3, 0.4) is 0 Å². The molecule has 1 aliphatic heterocycles. The van der Waals surface area contributed by atoms with Gasteiger partial charge < -0.3 is 14.8 Å². The maximum Gasteiger partial charge on any atom is 0.293 e. The van der Waals surface area contributed by atoms with Crippen LogP contribution in [0.1, 0.15) is 13.3 Å². The van der Waals surface area contributed by atoms with Crippen LogP contribution in [0.25, 0.3) is 0 Å². The second-order valence-corrected chi connectivity index (χ2v) is 4.10. The molecule has 88 valence electrons. The van der Waals surface area contributed by atoms with E-state index in [2.05, 4.69) is 22.1 Å². The summed E-state index contributed by atoms with van der Waals surface area (Å²) in [6.45, 7) is 4.84. The van der Waals surface area contributed by atoms with Crippen LogP contribution in [0.2, 0.25) is 0 Å². The van der Waals surface area contributed by atoms with E-state index in [0.717, 1.165) is 26.1 Å². The largest absolute Gasteiger partial charge is 0.348 e. The monoisotopic (exact) mass is 222 g/mol. The van der Waals surface area contributed by atoms with Crippen LogP contribution in [0, 0.1) is 0 Å². The first kappa shape index (κ1) is 11.1. The minimum atomic E-state index is -0.0174. The summed E-state index contributed by atoms with van der Waals surface area (Å²) in [4.78, 5) is 18.3. The van der Waals surface area contributed by atoms with Gasteiger partial charge in [0.15, 0.2) is 5.82 Å². The van der Waals surface area contributed by atoms with Crippen LogP contribution < -0.4 is 15.8 Å². The Morgan fingerprint density at radius 3 is 3.12 bits per heavy atom. The first-order chi connectivity index (χ1) is 7.74. The lowest BCUT2D eigenvalue weighted by Gasteiger charge is -2.27. The molecule has 1 saturated heterocycles. The fraction of sp³-hybridized carbons (Fsp3) is 0.636. The second kappa shape index (κ2) is 4.65.